The number of hydrogen-bond acceptors (Lipinski definition) is 7. The molecule has 3 rings (SSSR count). The number of carbonyl (C=O) groups excluding carboxylic acids is 2. The molecule has 0 saturated heterocycles. The van der Waals surface area contributed by atoms with Gasteiger partial charge in [-0.25, -0.2) is 9.36 Å². The summed E-state index contributed by atoms with van der Waals surface area (Å²) in [6, 6.07) is 9.52. The molecule has 2 amide bonds. The van der Waals surface area contributed by atoms with E-state index in [0.717, 1.165) is 29.1 Å². The summed E-state index contributed by atoms with van der Waals surface area (Å²) >= 11 is 1.17. The first-order valence-corrected chi connectivity index (χ1v) is 11.1. The fourth-order valence-corrected chi connectivity index (χ4v) is 4.16. The van der Waals surface area contributed by atoms with Crippen molar-refractivity contribution in [3.8, 4) is 5.95 Å². The molecule has 10 nitrogen and oxygen atoms in total. The molecule has 3 N–H and O–H groups in total. The molecule has 0 bridgehead atoms. The summed E-state index contributed by atoms with van der Waals surface area (Å²) in [5.41, 5.74) is 3.51. The summed E-state index contributed by atoms with van der Waals surface area (Å²) in [5.74, 6) is 6.04. The average Bonchev–Trinajstić information content (AvgIpc) is 3.28. The van der Waals surface area contributed by atoms with E-state index in [1.807, 2.05) is 51.1 Å². The van der Waals surface area contributed by atoms with Crippen molar-refractivity contribution in [1.29, 1.82) is 0 Å². The molecule has 0 aliphatic heterocycles. The molecule has 11 heteroatoms. The van der Waals surface area contributed by atoms with Gasteiger partial charge in [0.15, 0.2) is 0 Å². The lowest BCUT2D eigenvalue weighted by Crippen LogP contribution is -2.39. The smallest absolute Gasteiger partial charge is 0.271 e. The topological polar surface area (TPSA) is 124 Å². The number of likely N-dealkylation sites (N-methyl/N-ethyl adjacent to an activating group) is 1. The Bertz CT molecular complexity index is 1120. The summed E-state index contributed by atoms with van der Waals surface area (Å²) in [6.07, 6.45) is 0.804. The van der Waals surface area contributed by atoms with E-state index in [-0.39, 0.29) is 18.4 Å². The number of benzene rings is 1. The Labute approximate surface area is 191 Å². The highest BCUT2D eigenvalue weighted by atomic mass is 32.2. The number of hydrogen-bond donors (Lipinski definition) is 2. The number of carbonyl (C=O) groups is 2. The van der Waals surface area contributed by atoms with Crippen LogP contribution in [0.15, 0.2) is 35.5 Å². The van der Waals surface area contributed by atoms with Crippen LogP contribution in [0.2, 0.25) is 0 Å². The third-order valence-corrected chi connectivity index (χ3v) is 5.95. The average molecular weight is 457 g/mol. The number of para-hydroxylation sites is 1. The van der Waals surface area contributed by atoms with Crippen molar-refractivity contribution in [2.45, 2.75) is 44.5 Å². The Kier molecular flexibility index (Phi) is 7.18. The number of rotatable bonds is 8. The summed E-state index contributed by atoms with van der Waals surface area (Å²) in [6.45, 7) is 7.48. The van der Waals surface area contributed by atoms with E-state index in [2.05, 4.69) is 20.6 Å². The predicted octanol–water partition coefficient (Wildman–Crippen LogP) is 1.93. The summed E-state index contributed by atoms with van der Waals surface area (Å²) in [5, 5.41) is 15.3. The first kappa shape index (κ1) is 23.3. The van der Waals surface area contributed by atoms with Gasteiger partial charge in [0.1, 0.15) is 0 Å². The maximum atomic E-state index is 12.8. The van der Waals surface area contributed by atoms with Gasteiger partial charge in [-0.2, -0.15) is 5.10 Å². The van der Waals surface area contributed by atoms with Gasteiger partial charge in [-0.05, 0) is 44.9 Å². The second-order valence-electron chi connectivity index (χ2n) is 7.50. The van der Waals surface area contributed by atoms with E-state index < -0.39 is 5.25 Å². The Morgan fingerprint density at radius 1 is 1.25 bits per heavy atom. The molecular formula is C21H28N8O2S. The predicted molar refractivity (Wildman–Crippen MR) is 124 cm³/mol. The molecule has 1 atom stereocenters. The van der Waals surface area contributed by atoms with E-state index in [1.165, 1.54) is 21.3 Å². The Morgan fingerprint density at radius 2 is 1.97 bits per heavy atom. The number of nitrogens with two attached hydrogens (primary N) is 1. The SMILES string of the molecule is CCc1ccccc1NC(=O)CN(C)C(=O)C(C)Sc1nnc(-n2nc(C)cc2C)n1N. The lowest BCUT2D eigenvalue weighted by atomic mass is 10.1. The zero-order chi connectivity index (χ0) is 23.4. The molecule has 0 aliphatic rings. The zero-order valence-corrected chi connectivity index (χ0v) is 19.7. The summed E-state index contributed by atoms with van der Waals surface area (Å²) in [4.78, 5) is 26.7. The van der Waals surface area contributed by atoms with E-state index in [1.54, 1.807) is 18.7 Å². The largest absolute Gasteiger partial charge is 0.335 e. The van der Waals surface area contributed by atoms with E-state index in [9.17, 15) is 9.59 Å². The normalized spacial score (nSPS) is 11.9. The van der Waals surface area contributed by atoms with Crippen LogP contribution in [0.3, 0.4) is 0 Å². The van der Waals surface area contributed by atoms with Gasteiger partial charge >= 0.3 is 0 Å². The second-order valence-corrected chi connectivity index (χ2v) is 8.81. The molecule has 2 heterocycles. The highest BCUT2D eigenvalue weighted by Gasteiger charge is 2.24. The molecule has 1 aromatic carbocycles. The number of aryl methyl sites for hydroxylation is 3. The van der Waals surface area contributed by atoms with Crippen LogP contribution in [0, 0.1) is 13.8 Å². The number of thioether (sulfide) groups is 1. The zero-order valence-electron chi connectivity index (χ0n) is 18.9. The molecule has 0 radical (unpaired) electrons. The lowest BCUT2D eigenvalue weighted by molar-refractivity contribution is -0.132. The van der Waals surface area contributed by atoms with Crippen LogP contribution in [0.4, 0.5) is 5.69 Å². The van der Waals surface area contributed by atoms with Crippen LogP contribution >= 0.6 is 11.8 Å². The third-order valence-electron chi connectivity index (χ3n) is 4.90. The number of aromatic nitrogens is 5. The van der Waals surface area contributed by atoms with Crippen molar-refractivity contribution in [3.63, 3.8) is 0 Å². The number of amides is 2. The molecule has 0 saturated carbocycles. The standard InChI is InChI=1S/C21H28N8O2S/c1-6-16-9-7-8-10-17(16)23-18(30)12-27(5)19(31)15(4)32-21-25-24-20(28(21)22)29-14(3)11-13(2)26-29/h7-11,15H,6,12,22H2,1-5H3,(H,23,30). The van der Waals surface area contributed by atoms with E-state index in [0.29, 0.717) is 11.1 Å². The minimum absolute atomic E-state index is 0.0614. The summed E-state index contributed by atoms with van der Waals surface area (Å²) in [7, 11) is 1.60. The van der Waals surface area contributed by atoms with E-state index in [4.69, 9.17) is 5.84 Å². The Hall–Kier alpha value is -3.34. The number of nitrogen functional groups attached to an aromatic ring is 1. The van der Waals surface area contributed by atoms with Crippen molar-refractivity contribution in [1.82, 2.24) is 29.6 Å². The number of nitrogens with zero attached hydrogens (tertiary/aromatic N) is 6. The van der Waals surface area contributed by atoms with Crippen LogP contribution in [-0.2, 0) is 16.0 Å². The monoisotopic (exact) mass is 456 g/mol. The molecule has 32 heavy (non-hydrogen) atoms. The minimum Gasteiger partial charge on any atom is -0.335 e. The molecule has 3 aromatic rings. The highest BCUT2D eigenvalue weighted by Crippen LogP contribution is 2.23. The van der Waals surface area contributed by atoms with Crippen LogP contribution in [0.5, 0.6) is 0 Å². The molecule has 170 valence electrons. The quantitative estimate of drug-likeness (QED) is 0.392. The van der Waals surface area contributed by atoms with Gasteiger partial charge in [-0.15, -0.1) is 10.2 Å². The van der Waals surface area contributed by atoms with Gasteiger partial charge in [-0.3, -0.25) is 9.59 Å². The van der Waals surface area contributed by atoms with Crippen molar-refractivity contribution < 1.29 is 9.59 Å². The maximum absolute atomic E-state index is 12.8. The van der Waals surface area contributed by atoms with Gasteiger partial charge in [0.2, 0.25) is 17.0 Å². The fraction of sp³-hybridized carbons (Fsp3) is 0.381. The molecule has 0 fully saturated rings. The van der Waals surface area contributed by atoms with Crippen LogP contribution in [0.25, 0.3) is 5.95 Å². The first-order valence-electron chi connectivity index (χ1n) is 10.2. The number of anilines is 1. The van der Waals surface area contributed by atoms with Gasteiger partial charge in [0, 0.05) is 18.4 Å². The van der Waals surface area contributed by atoms with Crippen molar-refractivity contribution >= 4 is 29.3 Å². The minimum atomic E-state index is -0.518. The van der Waals surface area contributed by atoms with Crippen molar-refractivity contribution in [2.24, 2.45) is 0 Å². The molecule has 2 aromatic heterocycles. The Morgan fingerprint density at radius 3 is 2.62 bits per heavy atom. The molecule has 1 unspecified atom stereocenters. The van der Waals surface area contributed by atoms with Gasteiger partial charge in [0.25, 0.3) is 5.95 Å². The molecule has 0 spiro atoms. The first-order chi connectivity index (χ1) is 15.2. The van der Waals surface area contributed by atoms with E-state index >= 15 is 0 Å². The number of nitrogens with one attached hydrogen (secondary N) is 1. The van der Waals surface area contributed by atoms with Crippen LogP contribution in [-0.4, -0.2) is 60.2 Å². The summed E-state index contributed by atoms with van der Waals surface area (Å²) < 4.78 is 2.91. The fourth-order valence-electron chi connectivity index (χ4n) is 3.28. The van der Waals surface area contributed by atoms with Gasteiger partial charge < -0.3 is 16.1 Å². The Balaban J connectivity index is 1.62. The maximum Gasteiger partial charge on any atom is 0.271 e. The van der Waals surface area contributed by atoms with Gasteiger partial charge in [0.05, 0.1) is 17.5 Å². The second kappa shape index (κ2) is 9.86. The van der Waals surface area contributed by atoms with Gasteiger partial charge in [-0.1, -0.05) is 36.9 Å². The third kappa shape index (κ3) is 5.10. The molecule has 0 aliphatic carbocycles. The lowest BCUT2D eigenvalue weighted by Gasteiger charge is -2.20. The van der Waals surface area contributed by atoms with Crippen molar-refractivity contribution in [3.05, 3.63) is 47.3 Å². The van der Waals surface area contributed by atoms with Crippen LogP contribution in [0.1, 0.15) is 30.8 Å². The highest BCUT2D eigenvalue weighted by molar-refractivity contribution is 8.00. The van der Waals surface area contributed by atoms with Crippen molar-refractivity contribution in [2.75, 3.05) is 24.8 Å². The van der Waals surface area contributed by atoms with Crippen LogP contribution < -0.4 is 11.2 Å². The molecular weight excluding hydrogens is 428 g/mol.